The molecule has 0 bridgehead atoms. The van der Waals surface area contributed by atoms with Crippen LogP contribution in [0.4, 0.5) is 10.5 Å². The van der Waals surface area contributed by atoms with E-state index < -0.39 is 28.8 Å². The van der Waals surface area contributed by atoms with Crippen LogP contribution in [-0.2, 0) is 11.2 Å². The van der Waals surface area contributed by atoms with Crippen molar-refractivity contribution in [1.82, 2.24) is 5.32 Å². The fourth-order valence-corrected chi connectivity index (χ4v) is 2.31. The van der Waals surface area contributed by atoms with Gasteiger partial charge in [-0.05, 0) is 32.8 Å². The van der Waals surface area contributed by atoms with E-state index in [1.54, 1.807) is 32.9 Å². The number of carbonyl (C=O) groups excluding carboxylic acids is 1. The Labute approximate surface area is 143 Å². The van der Waals surface area contributed by atoms with Gasteiger partial charge in [0.1, 0.15) is 5.60 Å². The number of aliphatic hydroxyl groups excluding tert-OH is 1. The Bertz CT molecular complexity index is 542. The predicted molar refractivity (Wildman–Crippen MR) is 89.8 cm³/mol. The Morgan fingerprint density at radius 2 is 1.96 bits per heavy atom. The van der Waals surface area contributed by atoms with Crippen LogP contribution in [-0.4, -0.2) is 39.2 Å². The number of non-ortho nitro benzene ring substituents is 1. The Morgan fingerprint density at radius 1 is 1.39 bits per heavy atom. The van der Waals surface area contributed by atoms with E-state index in [1.165, 1.54) is 12.1 Å². The van der Waals surface area contributed by atoms with Crippen LogP contribution in [0.2, 0.25) is 0 Å². The van der Waals surface area contributed by atoms with Gasteiger partial charge in [-0.1, -0.05) is 28.1 Å². The maximum absolute atomic E-state index is 11.9. The number of nitrogens with zero attached hydrogens (tertiary/aromatic N) is 1. The molecule has 0 aliphatic heterocycles. The van der Waals surface area contributed by atoms with Crippen molar-refractivity contribution < 1.29 is 19.6 Å². The van der Waals surface area contributed by atoms with Gasteiger partial charge in [-0.15, -0.1) is 0 Å². The van der Waals surface area contributed by atoms with E-state index >= 15 is 0 Å². The number of nitro benzene ring substituents is 1. The lowest BCUT2D eigenvalue weighted by Crippen LogP contribution is -2.47. The number of alkyl carbamates (subject to hydrolysis) is 1. The van der Waals surface area contributed by atoms with Gasteiger partial charge < -0.3 is 15.2 Å². The lowest BCUT2D eigenvalue weighted by atomic mass is 10.0. The molecule has 0 saturated carbocycles. The topological polar surface area (TPSA) is 102 Å². The minimum Gasteiger partial charge on any atom is -0.444 e. The van der Waals surface area contributed by atoms with Crippen LogP contribution >= 0.6 is 15.9 Å². The third-order valence-electron chi connectivity index (χ3n) is 2.93. The van der Waals surface area contributed by atoms with Gasteiger partial charge >= 0.3 is 6.09 Å². The SMILES string of the molecule is CC(C)(C)OC(=O)N[C@@H](Cc1ccc([N+](=O)[O-])cc1)C(O)CBr. The maximum Gasteiger partial charge on any atom is 0.407 e. The molecule has 0 radical (unpaired) electrons. The number of rotatable bonds is 6. The summed E-state index contributed by atoms with van der Waals surface area (Å²) in [5.41, 5.74) is 0.115. The van der Waals surface area contributed by atoms with Crippen LogP contribution in [0, 0.1) is 10.1 Å². The molecule has 0 spiro atoms. The van der Waals surface area contributed by atoms with Crippen molar-refractivity contribution in [2.75, 3.05) is 5.33 Å². The third kappa shape index (κ3) is 6.96. The van der Waals surface area contributed by atoms with E-state index in [0.717, 1.165) is 5.56 Å². The molecule has 128 valence electrons. The average molecular weight is 389 g/mol. The number of hydrogen-bond donors (Lipinski definition) is 2. The summed E-state index contributed by atoms with van der Waals surface area (Å²) in [5, 5.41) is 23.6. The molecular formula is C15H21BrN2O5. The van der Waals surface area contributed by atoms with E-state index in [1.807, 2.05) is 0 Å². The first kappa shape index (κ1) is 19.4. The summed E-state index contributed by atoms with van der Waals surface area (Å²) in [4.78, 5) is 22.0. The molecule has 0 aliphatic rings. The number of benzene rings is 1. The highest BCUT2D eigenvalue weighted by Crippen LogP contribution is 2.15. The minimum absolute atomic E-state index is 0.00792. The normalized spacial score (nSPS) is 14.0. The first-order valence-electron chi connectivity index (χ1n) is 7.09. The molecule has 2 N–H and O–H groups in total. The van der Waals surface area contributed by atoms with Gasteiger partial charge in [0.25, 0.3) is 5.69 Å². The molecule has 1 unspecified atom stereocenters. The second kappa shape index (κ2) is 8.26. The summed E-state index contributed by atoms with van der Waals surface area (Å²) in [6, 6.07) is 5.40. The summed E-state index contributed by atoms with van der Waals surface area (Å²) < 4.78 is 5.19. The molecule has 0 aromatic heterocycles. The molecule has 1 amide bonds. The zero-order chi connectivity index (χ0) is 17.6. The Morgan fingerprint density at radius 3 is 2.39 bits per heavy atom. The summed E-state index contributed by atoms with van der Waals surface area (Å²) >= 11 is 3.18. The third-order valence-corrected chi connectivity index (χ3v) is 3.59. The molecule has 1 rings (SSSR count). The van der Waals surface area contributed by atoms with Crippen molar-refractivity contribution in [3.63, 3.8) is 0 Å². The van der Waals surface area contributed by atoms with Crippen LogP contribution in [0.25, 0.3) is 0 Å². The molecule has 0 saturated heterocycles. The lowest BCUT2D eigenvalue weighted by molar-refractivity contribution is -0.384. The van der Waals surface area contributed by atoms with Gasteiger partial charge in [0, 0.05) is 17.5 Å². The summed E-state index contributed by atoms with van der Waals surface area (Å²) in [6.45, 7) is 5.25. The number of alkyl halides is 1. The zero-order valence-electron chi connectivity index (χ0n) is 13.3. The van der Waals surface area contributed by atoms with Gasteiger partial charge in [-0.2, -0.15) is 0 Å². The fraction of sp³-hybridized carbons (Fsp3) is 0.533. The predicted octanol–water partition coefficient (Wildman–Crippen LogP) is 2.79. The molecule has 1 aromatic carbocycles. The molecule has 0 heterocycles. The van der Waals surface area contributed by atoms with Crippen LogP contribution < -0.4 is 5.32 Å². The van der Waals surface area contributed by atoms with Gasteiger partial charge in [0.05, 0.1) is 17.1 Å². The number of ether oxygens (including phenoxy) is 1. The Balaban J connectivity index is 2.78. The number of nitro groups is 1. The quantitative estimate of drug-likeness (QED) is 0.443. The van der Waals surface area contributed by atoms with Gasteiger partial charge in [-0.25, -0.2) is 4.79 Å². The highest BCUT2D eigenvalue weighted by Gasteiger charge is 2.24. The number of aliphatic hydroxyl groups is 1. The number of amides is 1. The van der Waals surface area contributed by atoms with Crippen LogP contribution in [0.3, 0.4) is 0 Å². The van der Waals surface area contributed by atoms with Crippen molar-refractivity contribution in [3.8, 4) is 0 Å². The molecule has 8 heteroatoms. The largest absolute Gasteiger partial charge is 0.444 e. The van der Waals surface area contributed by atoms with Gasteiger partial charge in [-0.3, -0.25) is 10.1 Å². The summed E-state index contributed by atoms with van der Waals surface area (Å²) in [5.74, 6) is 0. The molecule has 1 aromatic rings. The van der Waals surface area contributed by atoms with E-state index in [4.69, 9.17) is 4.74 Å². The highest BCUT2D eigenvalue weighted by molar-refractivity contribution is 9.09. The molecule has 0 fully saturated rings. The first-order valence-corrected chi connectivity index (χ1v) is 8.21. The summed E-state index contributed by atoms with van der Waals surface area (Å²) in [6.07, 6.45) is -1.12. The number of carbonyl (C=O) groups is 1. The van der Waals surface area contributed by atoms with Crippen LogP contribution in [0.15, 0.2) is 24.3 Å². The van der Waals surface area contributed by atoms with E-state index in [9.17, 15) is 20.0 Å². The van der Waals surface area contributed by atoms with E-state index in [0.29, 0.717) is 6.42 Å². The number of halogens is 1. The van der Waals surface area contributed by atoms with Crippen molar-refractivity contribution in [2.45, 2.75) is 44.9 Å². The second-order valence-corrected chi connectivity index (χ2v) is 6.75. The van der Waals surface area contributed by atoms with Crippen LogP contribution in [0.1, 0.15) is 26.3 Å². The maximum atomic E-state index is 11.9. The number of hydrogen-bond acceptors (Lipinski definition) is 5. The summed E-state index contributed by atoms with van der Waals surface area (Å²) in [7, 11) is 0. The van der Waals surface area contributed by atoms with Crippen LogP contribution in [0.5, 0.6) is 0 Å². The van der Waals surface area contributed by atoms with E-state index in [-0.39, 0.29) is 11.0 Å². The zero-order valence-corrected chi connectivity index (χ0v) is 14.9. The van der Waals surface area contributed by atoms with Crippen molar-refractivity contribution >= 4 is 27.7 Å². The smallest absolute Gasteiger partial charge is 0.407 e. The van der Waals surface area contributed by atoms with E-state index in [2.05, 4.69) is 21.2 Å². The molecular weight excluding hydrogens is 368 g/mol. The molecule has 2 atom stereocenters. The molecule has 7 nitrogen and oxygen atoms in total. The average Bonchev–Trinajstić information content (AvgIpc) is 2.44. The van der Waals surface area contributed by atoms with Crippen molar-refractivity contribution in [3.05, 3.63) is 39.9 Å². The van der Waals surface area contributed by atoms with Gasteiger partial charge in [0.15, 0.2) is 0 Å². The van der Waals surface area contributed by atoms with Crippen molar-refractivity contribution in [2.24, 2.45) is 0 Å². The Kier molecular flexibility index (Phi) is 6.96. The standard InChI is InChI=1S/C15H21BrN2O5/c1-15(2,3)23-14(20)17-12(13(19)9-16)8-10-4-6-11(7-5-10)18(21)22/h4-7,12-13,19H,8-9H2,1-3H3,(H,17,20)/t12-,13?/m0/s1. The molecule has 0 aliphatic carbocycles. The fourth-order valence-electron chi connectivity index (χ4n) is 1.86. The lowest BCUT2D eigenvalue weighted by Gasteiger charge is -2.26. The Hall–Kier alpha value is -1.67. The molecule has 23 heavy (non-hydrogen) atoms. The number of nitrogens with one attached hydrogen (secondary N) is 1. The first-order chi connectivity index (χ1) is 10.6. The highest BCUT2D eigenvalue weighted by atomic mass is 79.9. The second-order valence-electron chi connectivity index (χ2n) is 6.10. The minimum atomic E-state index is -0.822. The monoisotopic (exact) mass is 388 g/mol. The van der Waals surface area contributed by atoms with Crippen molar-refractivity contribution in [1.29, 1.82) is 0 Å². The van der Waals surface area contributed by atoms with Gasteiger partial charge in [0.2, 0.25) is 0 Å².